The lowest BCUT2D eigenvalue weighted by Gasteiger charge is -1.74. The van der Waals surface area contributed by atoms with Gasteiger partial charge in [-0.15, -0.1) is 0 Å². The molecule has 0 aliphatic carbocycles. The molecule has 0 aliphatic rings. The zero-order valence-corrected chi connectivity index (χ0v) is 6.08. The van der Waals surface area contributed by atoms with Gasteiger partial charge in [-0.2, -0.15) is 5.10 Å². The van der Waals surface area contributed by atoms with Crippen molar-refractivity contribution in [2.75, 3.05) is 0 Å². The summed E-state index contributed by atoms with van der Waals surface area (Å²) in [5.41, 5.74) is 1.20. The first kappa shape index (κ1) is 5.08. The van der Waals surface area contributed by atoms with Crippen LogP contribution in [-0.2, 0) is 0 Å². The Morgan fingerprint density at radius 1 is 1.86 bits per heavy atom. The van der Waals surface area contributed by atoms with E-state index in [1.165, 1.54) is 5.56 Å². The molecule has 0 saturated carbocycles. The Morgan fingerprint density at radius 2 is 2.57 bits per heavy atom. The minimum atomic E-state index is 1.20. The Bertz CT molecular complexity index is 142. The highest BCUT2D eigenvalue weighted by Gasteiger charge is 1.83. The summed E-state index contributed by atoms with van der Waals surface area (Å²) in [6.07, 6.45) is 3.78. The van der Waals surface area contributed by atoms with Gasteiger partial charge >= 0.3 is 0 Å². The fourth-order valence-electron chi connectivity index (χ4n) is 0.381. The van der Waals surface area contributed by atoms with E-state index in [9.17, 15) is 0 Å². The minimum Gasteiger partial charge on any atom is -0.211 e. The number of rotatable bonds is 0. The van der Waals surface area contributed by atoms with Crippen LogP contribution in [0.5, 0.6) is 0 Å². The quantitative estimate of drug-likeness (QED) is 0.589. The predicted molar refractivity (Wildman–Crippen MR) is 36.4 cm³/mol. The lowest BCUT2D eigenvalue weighted by molar-refractivity contribution is 1.06. The summed E-state index contributed by atoms with van der Waals surface area (Å²) in [5, 5.41) is 3.92. The average molecular weight is 208 g/mol. The Kier molecular flexibility index (Phi) is 1.32. The molecule has 0 fully saturated rings. The van der Waals surface area contributed by atoms with Crippen molar-refractivity contribution in [1.82, 2.24) is 7.99 Å². The molecule has 1 rings (SSSR count). The van der Waals surface area contributed by atoms with Crippen molar-refractivity contribution >= 4 is 22.9 Å². The smallest absolute Gasteiger partial charge is 0.0843 e. The van der Waals surface area contributed by atoms with Gasteiger partial charge in [0.2, 0.25) is 0 Å². The van der Waals surface area contributed by atoms with Gasteiger partial charge in [-0.1, -0.05) is 0 Å². The molecule has 0 amide bonds. The van der Waals surface area contributed by atoms with Gasteiger partial charge in [0.25, 0.3) is 0 Å². The maximum atomic E-state index is 3.92. The van der Waals surface area contributed by atoms with Gasteiger partial charge in [0, 0.05) is 6.20 Å². The molecule has 0 aromatic carbocycles. The van der Waals surface area contributed by atoms with Crippen molar-refractivity contribution in [2.45, 2.75) is 6.92 Å². The maximum absolute atomic E-state index is 3.92. The van der Waals surface area contributed by atoms with Gasteiger partial charge in [-0.25, -0.2) is 2.90 Å². The first-order chi connectivity index (χ1) is 3.29. The van der Waals surface area contributed by atoms with Crippen molar-refractivity contribution in [3.63, 3.8) is 0 Å². The fraction of sp³-hybridized carbons (Fsp3) is 0.250. The van der Waals surface area contributed by atoms with Crippen molar-refractivity contribution < 1.29 is 0 Å². The number of hydrogen-bond acceptors (Lipinski definition) is 1. The van der Waals surface area contributed by atoms with Crippen LogP contribution in [0.3, 0.4) is 0 Å². The second-order valence-electron chi connectivity index (χ2n) is 1.41. The van der Waals surface area contributed by atoms with Crippen LogP contribution in [0.25, 0.3) is 0 Å². The number of aryl methyl sites for hydroxylation is 1. The Labute approximate surface area is 56.0 Å². The molecule has 0 N–H and O–H groups in total. The molecule has 3 heteroatoms. The largest absolute Gasteiger partial charge is 0.211 e. The second kappa shape index (κ2) is 1.81. The van der Waals surface area contributed by atoms with E-state index in [0.717, 1.165) is 0 Å². The van der Waals surface area contributed by atoms with Crippen LogP contribution in [0.1, 0.15) is 5.56 Å². The van der Waals surface area contributed by atoms with Crippen LogP contribution in [-0.4, -0.2) is 7.99 Å². The predicted octanol–water partition coefficient (Wildman–Crippen LogP) is 1.39. The van der Waals surface area contributed by atoms with E-state index in [1.54, 1.807) is 2.90 Å². The highest BCUT2D eigenvalue weighted by Crippen LogP contribution is 1.95. The maximum Gasteiger partial charge on any atom is 0.0843 e. The van der Waals surface area contributed by atoms with E-state index in [-0.39, 0.29) is 0 Å². The first-order valence-corrected chi connectivity index (χ1v) is 2.93. The molecule has 0 aliphatic heterocycles. The van der Waals surface area contributed by atoms with E-state index in [4.69, 9.17) is 0 Å². The lowest BCUT2D eigenvalue weighted by Crippen LogP contribution is -1.72. The molecule has 38 valence electrons. The Balaban J connectivity index is 3.04. The highest BCUT2D eigenvalue weighted by atomic mass is 127. The summed E-state index contributed by atoms with van der Waals surface area (Å²) in [6, 6.07) is 0. The van der Waals surface area contributed by atoms with Gasteiger partial charge in [0.05, 0.1) is 29.1 Å². The normalized spacial score (nSPS) is 9.43. The average Bonchev–Trinajstić information content (AvgIpc) is 1.87. The minimum absolute atomic E-state index is 1.20. The van der Waals surface area contributed by atoms with Crippen molar-refractivity contribution in [3.8, 4) is 0 Å². The molecule has 0 spiro atoms. The summed E-state index contributed by atoms with van der Waals surface area (Å²) >= 11 is 2.11. The molecule has 1 aromatic heterocycles. The molecule has 1 heterocycles. The molecule has 2 nitrogen and oxygen atoms in total. The van der Waals surface area contributed by atoms with E-state index in [0.29, 0.717) is 0 Å². The van der Waals surface area contributed by atoms with Crippen LogP contribution in [0, 0.1) is 6.92 Å². The number of hydrogen-bond donors (Lipinski definition) is 0. The van der Waals surface area contributed by atoms with Gasteiger partial charge in [-0.3, -0.25) is 0 Å². The molecular weight excluding hydrogens is 203 g/mol. The van der Waals surface area contributed by atoms with E-state index >= 15 is 0 Å². The summed E-state index contributed by atoms with van der Waals surface area (Å²) in [6.45, 7) is 2.02. The SMILES string of the molecule is Cc1cnn(I)c1. The Hall–Kier alpha value is -0.0600. The summed E-state index contributed by atoms with van der Waals surface area (Å²) < 4.78 is 1.76. The van der Waals surface area contributed by atoms with Crippen LogP contribution < -0.4 is 0 Å². The second-order valence-corrected chi connectivity index (χ2v) is 2.39. The van der Waals surface area contributed by atoms with Crippen molar-refractivity contribution in [2.24, 2.45) is 0 Å². The highest BCUT2D eigenvalue weighted by molar-refractivity contribution is 14.1. The van der Waals surface area contributed by atoms with Gasteiger partial charge in [-0.05, 0) is 12.5 Å². The number of nitrogens with zero attached hydrogens (tertiary/aromatic N) is 2. The van der Waals surface area contributed by atoms with E-state index in [2.05, 4.69) is 28.0 Å². The van der Waals surface area contributed by atoms with Crippen molar-refractivity contribution in [1.29, 1.82) is 0 Å². The standard InChI is InChI=1S/C4H5IN2/c1-4-2-6-7(5)3-4/h2-3H,1H3. The summed E-state index contributed by atoms with van der Waals surface area (Å²) in [5.74, 6) is 0. The third-order valence-corrected chi connectivity index (χ3v) is 1.21. The van der Waals surface area contributed by atoms with Crippen LogP contribution in [0.15, 0.2) is 12.4 Å². The summed E-state index contributed by atoms with van der Waals surface area (Å²) in [4.78, 5) is 0. The topological polar surface area (TPSA) is 17.8 Å². The van der Waals surface area contributed by atoms with Crippen LogP contribution in [0.4, 0.5) is 0 Å². The van der Waals surface area contributed by atoms with Gasteiger partial charge in [0.1, 0.15) is 0 Å². The van der Waals surface area contributed by atoms with Crippen LogP contribution in [0.2, 0.25) is 0 Å². The number of halogens is 1. The number of aromatic nitrogens is 2. The zero-order chi connectivity index (χ0) is 5.28. The third-order valence-electron chi connectivity index (χ3n) is 0.682. The van der Waals surface area contributed by atoms with Crippen molar-refractivity contribution in [3.05, 3.63) is 18.0 Å². The molecule has 0 bridgehead atoms. The first-order valence-electron chi connectivity index (χ1n) is 1.96. The molecule has 0 atom stereocenters. The molecule has 1 aromatic rings. The van der Waals surface area contributed by atoms with Gasteiger partial charge < -0.3 is 0 Å². The molecule has 7 heavy (non-hydrogen) atoms. The van der Waals surface area contributed by atoms with E-state index < -0.39 is 0 Å². The molecular formula is C4H5IN2. The fourth-order valence-corrected chi connectivity index (χ4v) is 0.945. The summed E-state index contributed by atoms with van der Waals surface area (Å²) in [7, 11) is 0. The molecule has 0 unspecified atom stereocenters. The molecule has 0 radical (unpaired) electrons. The van der Waals surface area contributed by atoms with E-state index in [1.807, 2.05) is 19.3 Å². The molecule has 0 saturated heterocycles. The lowest BCUT2D eigenvalue weighted by atomic mass is 10.4. The van der Waals surface area contributed by atoms with Crippen LogP contribution >= 0.6 is 22.9 Å². The monoisotopic (exact) mass is 208 g/mol. The van der Waals surface area contributed by atoms with Gasteiger partial charge in [0.15, 0.2) is 0 Å². The zero-order valence-electron chi connectivity index (χ0n) is 3.93. The third kappa shape index (κ3) is 1.15. The Morgan fingerprint density at radius 3 is 2.71 bits per heavy atom.